The van der Waals surface area contributed by atoms with Gasteiger partial charge in [0, 0.05) is 26.2 Å². The van der Waals surface area contributed by atoms with E-state index in [0.717, 1.165) is 12.1 Å². The highest BCUT2D eigenvalue weighted by Crippen LogP contribution is 2.16. The Morgan fingerprint density at radius 3 is 2.10 bits per heavy atom. The first-order valence-corrected chi connectivity index (χ1v) is 7.43. The van der Waals surface area contributed by atoms with E-state index >= 15 is 0 Å². The Hall–Kier alpha value is -0.860. The van der Waals surface area contributed by atoms with Gasteiger partial charge in [0.25, 0.3) is 0 Å². The summed E-state index contributed by atoms with van der Waals surface area (Å²) in [5, 5.41) is 0. The topological polar surface area (TPSA) is 23.6 Å². The third-order valence-corrected chi connectivity index (χ3v) is 4.05. The molecule has 2 rings (SSSR count). The monoisotopic (exact) mass is 336 g/mol. The first-order valence-electron chi connectivity index (χ1n) is 6.40. The van der Waals surface area contributed by atoms with Crippen molar-refractivity contribution in [3.63, 3.8) is 0 Å². The molecule has 0 unspecified atom stereocenters. The Labute approximate surface area is 131 Å². The average molecular weight is 336 g/mol. The predicted octanol–water partition coefficient (Wildman–Crippen LogP) is 1.93. The fourth-order valence-electron chi connectivity index (χ4n) is 2.20. The molecule has 0 aromatic heterocycles. The van der Waals surface area contributed by atoms with Gasteiger partial charge in [-0.25, -0.2) is 13.2 Å². The van der Waals surface area contributed by atoms with Crippen LogP contribution < -0.4 is 0 Å². The van der Waals surface area contributed by atoms with Crippen LogP contribution in [-0.2, 0) is 11.2 Å². The van der Waals surface area contributed by atoms with Crippen LogP contribution in [0.1, 0.15) is 5.56 Å². The summed E-state index contributed by atoms with van der Waals surface area (Å²) in [5.74, 6) is -4.32. The van der Waals surface area contributed by atoms with Gasteiger partial charge < -0.3 is 4.90 Å². The van der Waals surface area contributed by atoms with E-state index < -0.39 is 17.5 Å². The number of benzene rings is 1. The zero-order valence-electron chi connectivity index (χ0n) is 11.1. The van der Waals surface area contributed by atoms with E-state index in [2.05, 4.69) is 25.3 Å². The number of rotatable bonds is 3. The van der Waals surface area contributed by atoms with Gasteiger partial charge in [-0.2, -0.15) is 0 Å². The summed E-state index contributed by atoms with van der Waals surface area (Å²) >= 11 is 8.40. The Kier molecular flexibility index (Phi) is 5.45. The van der Waals surface area contributed by atoms with Gasteiger partial charge in [0.15, 0.2) is 17.5 Å². The maximum atomic E-state index is 13.1. The molecular weight excluding hydrogens is 321 g/mol. The van der Waals surface area contributed by atoms with Gasteiger partial charge in [-0.05, 0) is 17.7 Å². The smallest absolute Gasteiger partial charge is 0.227 e. The summed E-state index contributed by atoms with van der Waals surface area (Å²) in [6, 6.07) is 1.70. The Bertz CT molecular complexity index is 511. The lowest BCUT2D eigenvalue weighted by Gasteiger charge is -2.36. The zero-order valence-corrected chi connectivity index (χ0v) is 12.9. The molecule has 0 saturated carbocycles. The van der Waals surface area contributed by atoms with Crippen LogP contribution in [0.5, 0.6) is 0 Å². The highest BCUT2D eigenvalue weighted by molar-refractivity contribution is 7.99. The van der Waals surface area contributed by atoms with E-state index in [9.17, 15) is 18.0 Å². The average Bonchev–Trinajstić information content (AvgIpc) is 2.44. The lowest BCUT2D eigenvalue weighted by molar-refractivity contribution is -0.132. The number of halogens is 3. The van der Waals surface area contributed by atoms with Crippen LogP contribution in [0.15, 0.2) is 12.1 Å². The van der Waals surface area contributed by atoms with Crippen molar-refractivity contribution in [2.75, 3.05) is 26.2 Å². The molecule has 1 aliphatic heterocycles. The van der Waals surface area contributed by atoms with Crippen LogP contribution in [0.3, 0.4) is 0 Å². The summed E-state index contributed by atoms with van der Waals surface area (Å²) in [6.07, 6.45) is -0.153. The van der Waals surface area contributed by atoms with Crippen molar-refractivity contribution in [2.24, 2.45) is 0 Å². The number of thiol groups is 2. The Balaban J connectivity index is 1.96. The molecule has 1 aliphatic rings. The second kappa shape index (κ2) is 6.93. The molecule has 116 valence electrons. The highest BCUT2D eigenvalue weighted by Gasteiger charge is 2.23. The molecule has 0 aliphatic carbocycles. The summed E-state index contributed by atoms with van der Waals surface area (Å²) in [6.45, 7) is 2.27. The van der Waals surface area contributed by atoms with Gasteiger partial charge >= 0.3 is 0 Å². The van der Waals surface area contributed by atoms with Crippen LogP contribution in [0, 0.1) is 17.5 Å². The molecule has 0 atom stereocenters. The molecule has 1 heterocycles. The largest absolute Gasteiger partial charge is 0.340 e. The summed E-state index contributed by atoms with van der Waals surface area (Å²) in [7, 11) is 0. The number of amides is 1. The molecular formula is C13H15F3N2OS2. The van der Waals surface area contributed by atoms with Gasteiger partial charge in [-0.1, -0.05) is 0 Å². The third-order valence-electron chi connectivity index (χ3n) is 3.39. The fourth-order valence-corrected chi connectivity index (χ4v) is 2.66. The summed E-state index contributed by atoms with van der Waals surface area (Å²) < 4.78 is 38.9. The van der Waals surface area contributed by atoms with Crippen LogP contribution in [-0.4, -0.2) is 46.6 Å². The highest BCUT2D eigenvalue weighted by atomic mass is 32.2. The Morgan fingerprint density at radius 2 is 1.62 bits per heavy atom. The van der Waals surface area contributed by atoms with Gasteiger partial charge in [-0.15, -0.1) is 25.3 Å². The molecule has 0 bridgehead atoms. The van der Waals surface area contributed by atoms with Crippen molar-refractivity contribution >= 4 is 31.2 Å². The van der Waals surface area contributed by atoms with Crippen LogP contribution >= 0.6 is 25.3 Å². The minimum Gasteiger partial charge on any atom is -0.340 e. The van der Waals surface area contributed by atoms with Gasteiger partial charge in [0.05, 0.1) is 11.1 Å². The van der Waals surface area contributed by atoms with E-state index in [1.54, 1.807) is 4.90 Å². The maximum Gasteiger partial charge on any atom is 0.227 e. The normalized spacial score (nSPS) is 16.6. The molecule has 1 amide bonds. The molecule has 1 fully saturated rings. The molecule has 1 saturated heterocycles. The second-order valence-corrected chi connectivity index (χ2v) is 6.20. The van der Waals surface area contributed by atoms with Crippen molar-refractivity contribution in [3.8, 4) is 0 Å². The quantitative estimate of drug-likeness (QED) is 0.501. The third kappa shape index (κ3) is 4.08. The number of hydrogen-bond donors (Lipinski definition) is 2. The minimum atomic E-state index is -1.52. The van der Waals surface area contributed by atoms with E-state index in [0.29, 0.717) is 26.2 Å². The predicted molar refractivity (Wildman–Crippen MR) is 79.9 cm³/mol. The molecule has 1 aromatic carbocycles. The van der Waals surface area contributed by atoms with E-state index in [1.807, 2.05) is 4.90 Å². The SMILES string of the molecule is O=C(Cc1cc(F)c(F)c(F)c1)N1CCN(C(S)S)CC1. The molecule has 1 aromatic rings. The molecule has 0 N–H and O–H groups in total. The van der Waals surface area contributed by atoms with Crippen LogP contribution in [0.4, 0.5) is 13.2 Å². The lowest BCUT2D eigenvalue weighted by Crippen LogP contribution is -2.50. The van der Waals surface area contributed by atoms with Crippen molar-refractivity contribution in [2.45, 2.75) is 11.1 Å². The molecule has 0 radical (unpaired) electrons. The van der Waals surface area contributed by atoms with Crippen molar-refractivity contribution in [1.29, 1.82) is 0 Å². The molecule has 0 spiro atoms. The van der Waals surface area contributed by atoms with Crippen molar-refractivity contribution in [3.05, 3.63) is 35.1 Å². The first kappa shape index (κ1) is 16.5. The summed E-state index contributed by atoms with van der Waals surface area (Å²) in [4.78, 5) is 15.7. The number of piperazine rings is 1. The zero-order chi connectivity index (χ0) is 15.6. The fraction of sp³-hybridized carbons (Fsp3) is 0.462. The standard InChI is InChI=1S/C13H15F3N2OS2/c14-9-5-8(6-10(15)12(9)16)7-11(19)17-1-3-18(4-2-17)13(20)21/h5-6,13,20-21H,1-4,7H2. The lowest BCUT2D eigenvalue weighted by atomic mass is 10.1. The van der Waals surface area contributed by atoms with E-state index in [4.69, 9.17) is 0 Å². The number of hydrogen-bond acceptors (Lipinski definition) is 4. The molecule has 21 heavy (non-hydrogen) atoms. The number of nitrogens with zero attached hydrogens (tertiary/aromatic N) is 2. The van der Waals surface area contributed by atoms with Crippen molar-refractivity contribution < 1.29 is 18.0 Å². The van der Waals surface area contributed by atoms with Crippen molar-refractivity contribution in [1.82, 2.24) is 9.80 Å². The van der Waals surface area contributed by atoms with E-state index in [-0.39, 0.29) is 22.6 Å². The minimum absolute atomic E-state index is 0.125. The van der Waals surface area contributed by atoms with Crippen LogP contribution in [0.2, 0.25) is 0 Å². The van der Waals surface area contributed by atoms with Gasteiger partial charge in [-0.3, -0.25) is 9.69 Å². The molecule has 8 heteroatoms. The number of carbonyl (C=O) groups is 1. The van der Waals surface area contributed by atoms with Crippen LogP contribution in [0.25, 0.3) is 0 Å². The summed E-state index contributed by atoms with van der Waals surface area (Å²) in [5.41, 5.74) is 0.125. The first-order chi connectivity index (χ1) is 9.88. The maximum absolute atomic E-state index is 13.1. The Morgan fingerprint density at radius 1 is 1.10 bits per heavy atom. The molecule has 3 nitrogen and oxygen atoms in total. The van der Waals surface area contributed by atoms with Gasteiger partial charge in [0.2, 0.25) is 5.91 Å². The number of carbonyl (C=O) groups excluding carboxylic acids is 1. The van der Waals surface area contributed by atoms with Gasteiger partial charge in [0.1, 0.15) is 0 Å². The van der Waals surface area contributed by atoms with E-state index in [1.165, 1.54) is 0 Å². The second-order valence-electron chi connectivity index (χ2n) is 4.81.